The van der Waals surface area contributed by atoms with Gasteiger partial charge in [-0.25, -0.2) is 0 Å². The van der Waals surface area contributed by atoms with E-state index in [-0.39, 0.29) is 17.7 Å². The molecule has 18 heavy (non-hydrogen) atoms. The Morgan fingerprint density at radius 2 is 2.11 bits per heavy atom. The molecule has 98 valence electrons. The van der Waals surface area contributed by atoms with Crippen LogP contribution in [-0.4, -0.2) is 37.4 Å². The van der Waals surface area contributed by atoms with Crippen LogP contribution in [0.1, 0.15) is 17.3 Å². The van der Waals surface area contributed by atoms with Crippen LogP contribution in [0.3, 0.4) is 0 Å². The molecule has 1 rings (SSSR count). The number of hydrogen-bond donors (Lipinski definition) is 1. The van der Waals surface area contributed by atoms with Gasteiger partial charge in [0.1, 0.15) is 0 Å². The van der Waals surface area contributed by atoms with Gasteiger partial charge in [0, 0.05) is 30.7 Å². The molecule has 0 bridgehead atoms. The second kappa shape index (κ2) is 6.54. The SMILES string of the molecule is CNC(=O)C(C)CN(C)C(=O)c1cccc(Br)c1. The first-order valence-electron chi connectivity index (χ1n) is 5.68. The highest BCUT2D eigenvalue weighted by atomic mass is 79.9. The molecule has 1 aromatic rings. The number of nitrogens with one attached hydrogen (secondary N) is 1. The summed E-state index contributed by atoms with van der Waals surface area (Å²) in [6, 6.07) is 7.20. The average Bonchev–Trinajstić information content (AvgIpc) is 2.36. The maximum atomic E-state index is 12.1. The second-order valence-electron chi connectivity index (χ2n) is 4.21. The fourth-order valence-electron chi connectivity index (χ4n) is 1.66. The predicted octanol–water partition coefficient (Wildman–Crippen LogP) is 1.90. The molecule has 0 saturated heterocycles. The van der Waals surface area contributed by atoms with E-state index >= 15 is 0 Å². The van der Waals surface area contributed by atoms with Gasteiger partial charge in [0.25, 0.3) is 5.91 Å². The van der Waals surface area contributed by atoms with Gasteiger partial charge < -0.3 is 10.2 Å². The van der Waals surface area contributed by atoms with E-state index in [9.17, 15) is 9.59 Å². The molecular weight excluding hydrogens is 296 g/mol. The Bertz CT molecular complexity index is 448. The van der Waals surface area contributed by atoms with Crippen molar-refractivity contribution in [3.8, 4) is 0 Å². The zero-order valence-electron chi connectivity index (χ0n) is 10.7. The minimum absolute atomic E-state index is 0.0658. The molecule has 2 amide bonds. The minimum Gasteiger partial charge on any atom is -0.359 e. The van der Waals surface area contributed by atoms with Crippen LogP contribution in [0, 0.1) is 5.92 Å². The molecule has 0 heterocycles. The number of nitrogens with zero attached hydrogens (tertiary/aromatic N) is 1. The molecule has 1 atom stereocenters. The Kier molecular flexibility index (Phi) is 5.34. The van der Waals surface area contributed by atoms with Crippen LogP contribution in [-0.2, 0) is 4.79 Å². The van der Waals surface area contributed by atoms with Crippen molar-refractivity contribution in [2.45, 2.75) is 6.92 Å². The van der Waals surface area contributed by atoms with Crippen molar-refractivity contribution in [2.24, 2.45) is 5.92 Å². The van der Waals surface area contributed by atoms with E-state index in [0.29, 0.717) is 12.1 Å². The third kappa shape index (κ3) is 3.84. The van der Waals surface area contributed by atoms with Gasteiger partial charge in [0.2, 0.25) is 5.91 Å². The number of rotatable bonds is 4. The van der Waals surface area contributed by atoms with Crippen molar-refractivity contribution < 1.29 is 9.59 Å². The summed E-state index contributed by atoms with van der Waals surface area (Å²) in [5.41, 5.74) is 0.607. The number of benzene rings is 1. The maximum absolute atomic E-state index is 12.1. The summed E-state index contributed by atoms with van der Waals surface area (Å²) >= 11 is 3.33. The van der Waals surface area contributed by atoms with Crippen LogP contribution >= 0.6 is 15.9 Å². The summed E-state index contributed by atoms with van der Waals surface area (Å²) in [5.74, 6) is -0.382. The molecule has 0 aliphatic rings. The Balaban J connectivity index is 2.70. The van der Waals surface area contributed by atoms with Crippen molar-refractivity contribution in [2.75, 3.05) is 20.6 Å². The van der Waals surface area contributed by atoms with E-state index in [1.807, 2.05) is 12.1 Å². The van der Waals surface area contributed by atoms with Gasteiger partial charge in [-0.3, -0.25) is 9.59 Å². The third-order valence-corrected chi connectivity index (χ3v) is 3.15. The van der Waals surface area contributed by atoms with Crippen LogP contribution in [0.25, 0.3) is 0 Å². The van der Waals surface area contributed by atoms with Gasteiger partial charge in [-0.05, 0) is 18.2 Å². The van der Waals surface area contributed by atoms with Crippen molar-refractivity contribution in [3.05, 3.63) is 34.3 Å². The van der Waals surface area contributed by atoms with Crippen LogP contribution in [0.15, 0.2) is 28.7 Å². The summed E-state index contributed by atoms with van der Waals surface area (Å²) < 4.78 is 0.862. The molecular formula is C13H17BrN2O2. The van der Waals surface area contributed by atoms with E-state index in [2.05, 4.69) is 21.2 Å². The summed E-state index contributed by atoms with van der Waals surface area (Å²) in [5, 5.41) is 2.57. The molecule has 0 aliphatic carbocycles. The maximum Gasteiger partial charge on any atom is 0.253 e. The number of halogens is 1. The van der Waals surface area contributed by atoms with Gasteiger partial charge in [-0.1, -0.05) is 28.9 Å². The molecule has 0 fully saturated rings. The zero-order chi connectivity index (χ0) is 13.7. The monoisotopic (exact) mass is 312 g/mol. The van der Waals surface area contributed by atoms with Gasteiger partial charge in [-0.15, -0.1) is 0 Å². The molecule has 5 heteroatoms. The Labute approximate surface area is 115 Å². The second-order valence-corrected chi connectivity index (χ2v) is 5.13. The quantitative estimate of drug-likeness (QED) is 0.923. The van der Waals surface area contributed by atoms with Gasteiger partial charge in [-0.2, -0.15) is 0 Å². The largest absolute Gasteiger partial charge is 0.359 e. The van der Waals surface area contributed by atoms with E-state index in [1.165, 1.54) is 0 Å². The van der Waals surface area contributed by atoms with Gasteiger partial charge >= 0.3 is 0 Å². The lowest BCUT2D eigenvalue weighted by Gasteiger charge is -2.20. The van der Waals surface area contributed by atoms with Crippen LogP contribution in [0.2, 0.25) is 0 Å². The van der Waals surface area contributed by atoms with E-state index in [4.69, 9.17) is 0 Å². The lowest BCUT2D eigenvalue weighted by molar-refractivity contribution is -0.124. The number of hydrogen-bond acceptors (Lipinski definition) is 2. The fraction of sp³-hybridized carbons (Fsp3) is 0.385. The first-order valence-corrected chi connectivity index (χ1v) is 6.47. The van der Waals surface area contributed by atoms with Crippen molar-refractivity contribution >= 4 is 27.7 Å². The zero-order valence-corrected chi connectivity index (χ0v) is 12.3. The highest BCUT2D eigenvalue weighted by molar-refractivity contribution is 9.10. The Morgan fingerprint density at radius 1 is 1.44 bits per heavy atom. The van der Waals surface area contributed by atoms with Crippen LogP contribution in [0.4, 0.5) is 0 Å². The highest BCUT2D eigenvalue weighted by Crippen LogP contribution is 2.13. The average molecular weight is 313 g/mol. The number of carbonyl (C=O) groups excluding carboxylic acids is 2. The summed E-state index contributed by atoms with van der Waals surface area (Å²) in [6.45, 7) is 2.19. The molecule has 1 aromatic carbocycles. The predicted molar refractivity (Wildman–Crippen MR) is 74.3 cm³/mol. The van der Waals surface area contributed by atoms with Crippen molar-refractivity contribution in [1.82, 2.24) is 10.2 Å². The minimum atomic E-state index is -0.226. The van der Waals surface area contributed by atoms with E-state index in [0.717, 1.165) is 4.47 Å². The lowest BCUT2D eigenvalue weighted by Crippen LogP contribution is -2.37. The number of carbonyl (C=O) groups is 2. The summed E-state index contributed by atoms with van der Waals surface area (Å²) in [7, 11) is 3.29. The van der Waals surface area contributed by atoms with Gasteiger partial charge in [0.15, 0.2) is 0 Å². The molecule has 1 N–H and O–H groups in total. The van der Waals surface area contributed by atoms with Crippen LogP contribution in [0.5, 0.6) is 0 Å². The third-order valence-electron chi connectivity index (χ3n) is 2.66. The molecule has 0 aliphatic heterocycles. The lowest BCUT2D eigenvalue weighted by atomic mass is 10.1. The molecule has 1 unspecified atom stereocenters. The molecule has 0 saturated carbocycles. The standard InChI is InChI=1S/C13H17BrN2O2/c1-9(12(17)15-2)8-16(3)13(18)10-5-4-6-11(14)7-10/h4-7,9H,8H2,1-3H3,(H,15,17). The first kappa shape index (κ1) is 14.7. The smallest absolute Gasteiger partial charge is 0.253 e. The molecule has 4 nitrogen and oxygen atoms in total. The Hall–Kier alpha value is -1.36. The van der Waals surface area contributed by atoms with E-state index in [1.54, 1.807) is 38.1 Å². The highest BCUT2D eigenvalue weighted by Gasteiger charge is 2.18. The summed E-state index contributed by atoms with van der Waals surface area (Å²) in [6.07, 6.45) is 0. The Morgan fingerprint density at radius 3 is 2.67 bits per heavy atom. The fourth-order valence-corrected chi connectivity index (χ4v) is 2.06. The normalized spacial score (nSPS) is 11.8. The van der Waals surface area contributed by atoms with Crippen LogP contribution < -0.4 is 5.32 Å². The molecule has 0 aromatic heterocycles. The van der Waals surface area contributed by atoms with E-state index < -0.39 is 0 Å². The summed E-state index contributed by atoms with van der Waals surface area (Å²) in [4.78, 5) is 25.1. The van der Waals surface area contributed by atoms with Crippen molar-refractivity contribution in [1.29, 1.82) is 0 Å². The molecule has 0 radical (unpaired) electrons. The van der Waals surface area contributed by atoms with Gasteiger partial charge in [0.05, 0.1) is 5.92 Å². The topological polar surface area (TPSA) is 49.4 Å². The first-order chi connectivity index (χ1) is 8.45. The van der Waals surface area contributed by atoms with Crippen molar-refractivity contribution in [3.63, 3.8) is 0 Å². The molecule has 0 spiro atoms. The number of amides is 2.